The third kappa shape index (κ3) is 3.35. The summed E-state index contributed by atoms with van der Waals surface area (Å²) >= 11 is 0. The molecule has 2 spiro atoms. The molecule has 1 aliphatic heterocycles. The molecule has 5 aliphatic carbocycles. The molecule has 33 heavy (non-hydrogen) atoms. The van der Waals surface area contributed by atoms with Crippen LogP contribution in [0.15, 0.2) is 24.3 Å². The molecule has 0 aromatic heterocycles. The Morgan fingerprint density at radius 2 is 1.64 bits per heavy atom. The molecule has 2 unspecified atom stereocenters. The lowest BCUT2D eigenvalue weighted by Crippen LogP contribution is -2.63. The van der Waals surface area contributed by atoms with Crippen LogP contribution in [0.4, 0.5) is 0 Å². The molecule has 6 heteroatoms. The Morgan fingerprint density at radius 1 is 0.970 bits per heavy atom. The van der Waals surface area contributed by atoms with Crippen molar-refractivity contribution in [2.75, 3.05) is 7.11 Å². The molecule has 4 bridgehead atoms. The molecule has 1 saturated heterocycles. The SMILES string of the molecule is COC(=O)C12CC3CC(C1)C1(CC4(CCC(c5ccc(OC(C)=O)cc5)CC4)OO1)C(C3)C2. The minimum absolute atomic E-state index is 0.00870. The van der Waals surface area contributed by atoms with Crippen LogP contribution < -0.4 is 4.74 Å². The van der Waals surface area contributed by atoms with Gasteiger partial charge in [0.2, 0.25) is 0 Å². The lowest BCUT2D eigenvalue weighted by molar-refractivity contribution is -0.387. The molecule has 0 N–H and O–H groups in total. The number of benzene rings is 1. The maximum Gasteiger partial charge on any atom is 0.311 e. The van der Waals surface area contributed by atoms with E-state index in [1.54, 1.807) is 0 Å². The smallest absolute Gasteiger partial charge is 0.311 e. The van der Waals surface area contributed by atoms with E-state index in [-0.39, 0.29) is 28.6 Å². The van der Waals surface area contributed by atoms with E-state index in [4.69, 9.17) is 19.2 Å². The van der Waals surface area contributed by atoms with E-state index in [2.05, 4.69) is 12.1 Å². The Hall–Kier alpha value is -1.92. The molecule has 2 atom stereocenters. The minimum Gasteiger partial charge on any atom is -0.469 e. The fraction of sp³-hybridized carbons (Fsp3) is 0.704. The van der Waals surface area contributed by atoms with Crippen molar-refractivity contribution in [3.05, 3.63) is 29.8 Å². The first-order valence-corrected chi connectivity index (χ1v) is 12.6. The number of carbonyl (C=O) groups excluding carboxylic acids is 2. The van der Waals surface area contributed by atoms with Crippen molar-refractivity contribution in [1.29, 1.82) is 0 Å². The van der Waals surface area contributed by atoms with Crippen LogP contribution >= 0.6 is 0 Å². The summed E-state index contributed by atoms with van der Waals surface area (Å²) in [7, 11) is 1.53. The van der Waals surface area contributed by atoms with Crippen LogP contribution in [0.5, 0.6) is 5.75 Å². The van der Waals surface area contributed by atoms with Crippen molar-refractivity contribution in [2.45, 2.75) is 88.3 Å². The molecule has 6 fully saturated rings. The van der Waals surface area contributed by atoms with E-state index < -0.39 is 0 Å². The maximum atomic E-state index is 12.7. The molecule has 0 amide bonds. The lowest BCUT2D eigenvalue weighted by Gasteiger charge is -2.61. The lowest BCUT2D eigenvalue weighted by atomic mass is 9.43. The second-order valence-electron chi connectivity index (χ2n) is 11.5. The van der Waals surface area contributed by atoms with Gasteiger partial charge in [-0.3, -0.25) is 9.59 Å². The van der Waals surface area contributed by atoms with Gasteiger partial charge in [0.25, 0.3) is 0 Å². The first kappa shape index (κ1) is 21.6. The molecule has 6 nitrogen and oxygen atoms in total. The summed E-state index contributed by atoms with van der Waals surface area (Å²) in [5, 5.41) is 0. The fourth-order valence-corrected chi connectivity index (χ4v) is 8.39. The van der Waals surface area contributed by atoms with Crippen LogP contribution in [-0.4, -0.2) is 30.3 Å². The first-order valence-electron chi connectivity index (χ1n) is 12.6. The summed E-state index contributed by atoms with van der Waals surface area (Å²) in [6, 6.07) is 7.94. The van der Waals surface area contributed by atoms with Gasteiger partial charge >= 0.3 is 11.9 Å². The van der Waals surface area contributed by atoms with Crippen molar-refractivity contribution < 1.29 is 28.8 Å². The molecular weight excluding hydrogens is 420 g/mol. The number of carbonyl (C=O) groups is 2. The van der Waals surface area contributed by atoms with E-state index in [9.17, 15) is 9.59 Å². The summed E-state index contributed by atoms with van der Waals surface area (Å²) in [5.41, 5.74) is 0.601. The van der Waals surface area contributed by atoms with Gasteiger partial charge < -0.3 is 9.47 Å². The van der Waals surface area contributed by atoms with Gasteiger partial charge in [0.05, 0.1) is 12.5 Å². The van der Waals surface area contributed by atoms with Gasteiger partial charge in [0.1, 0.15) is 17.0 Å². The second kappa shape index (κ2) is 7.54. The molecule has 1 heterocycles. The van der Waals surface area contributed by atoms with Crippen LogP contribution in [0.2, 0.25) is 0 Å². The number of rotatable bonds is 3. The highest BCUT2D eigenvalue weighted by molar-refractivity contribution is 5.77. The van der Waals surface area contributed by atoms with Crippen molar-refractivity contribution >= 4 is 11.9 Å². The third-order valence-corrected chi connectivity index (χ3v) is 9.67. The van der Waals surface area contributed by atoms with E-state index in [0.29, 0.717) is 29.4 Å². The molecule has 7 rings (SSSR count). The molecule has 6 aliphatic rings. The molecule has 178 valence electrons. The molecular formula is C27H34O6. The van der Waals surface area contributed by atoms with Crippen LogP contribution in [0.3, 0.4) is 0 Å². The highest BCUT2D eigenvalue weighted by atomic mass is 17.2. The Bertz CT molecular complexity index is 928. The second-order valence-corrected chi connectivity index (χ2v) is 11.5. The summed E-state index contributed by atoms with van der Waals surface area (Å²) in [6.07, 6.45) is 10.2. The first-order chi connectivity index (χ1) is 15.9. The van der Waals surface area contributed by atoms with E-state index >= 15 is 0 Å². The predicted octanol–water partition coefficient (Wildman–Crippen LogP) is 5.10. The maximum absolute atomic E-state index is 12.7. The van der Waals surface area contributed by atoms with E-state index in [0.717, 1.165) is 64.2 Å². The minimum atomic E-state index is -0.294. The van der Waals surface area contributed by atoms with Crippen molar-refractivity contribution in [3.8, 4) is 5.75 Å². The van der Waals surface area contributed by atoms with Crippen LogP contribution in [0, 0.1) is 23.2 Å². The highest BCUT2D eigenvalue weighted by Gasteiger charge is 2.70. The highest BCUT2D eigenvalue weighted by Crippen LogP contribution is 2.69. The summed E-state index contributed by atoms with van der Waals surface area (Å²) < 4.78 is 10.4. The number of hydrogen-bond acceptors (Lipinski definition) is 6. The van der Waals surface area contributed by atoms with E-state index in [1.165, 1.54) is 19.6 Å². The molecule has 0 radical (unpaired) electrons. The quantitative estimate of drug-likeness (QED) is 0.360. The van der Waals surface area contributed by atoms with Crippen LogP contribution in [-0.2, 0) is 24.1 Å². The molecule has 1 aromatic rings. The largest absolute Gasteiger partial charge is 0.469 e. The van der Waals surface area contributed by atoms with Gasteiger partial charge in [-0.15, -0.1) is 0 Å². The standard InChI is InChI=1S/C27H34O6/c1-17(28)31-23-5-3-19(4-6-23)20-7-9-26(10-8-20)16-27(33-32-26)21-11-18-12-22(27)15-25(13-18,14-21)24(29)30-2/h3-6,18,20-22H,7-16H2,1-2H3. The number of methoxy groups -OCH3 is 1. The zero-order chi connectivity index (χ0) is 22.8. The zero-order valence-electron chi connectivity index (χ0n) is 19.6. The third-order valence-electron chi connectivity index (χ3n) is 9.67. The number of hydrogen-bond donors (Lipinski definition) is 0. The van der Waals surface area contributed by atoms with Gasteiger partial charge in [-0.25, -0.2) is 9.78 Å². The number of esters is 2. The topological polar surface area (TPSA) is 71.1 Å². The van der Waals surface area contributed by atoms with Gasteiger partial charge in [-0.1, -0.05) is 12.1 Å². The van der Waals surface area contributed by atoms with Gasteiger partial charge in [0, 0.05) is 13.3 Å². The zero-order valence-corrected chi connectivity index (χ0v) is 19.6. The normalized spacial score (nSPS) is 43.2. The Kier molecular flexibility index (Phi) is 4.94. The molecule has 1 aromatic carbocycles. The fourth-order valence-electron chi connectivity index (χ4n) is 8.39. The average Bonchev–Trinajstić information content (AvgIpc) is 3.17. The Morgan fingerprint density at radius 3 is 2.24 bits per heavy atom. The Labute approximate surface area is 195 Å². The van der Waals surface area contributed by atoms with Gasteiger partial charge in [0.15, 0.2) is 0 Å². The average molecular weight is 455 g/mol. The van der Waals surface area contributed by atoms with Crippen molar-refractivity contribution in [3.63, 3.8) is 0 Å². The number of ether oxygens (including phenoxy) is 2. The summed E-state index contributed by atoms with van der Waals surface area (Å²) in [4.78, 5) is 36.5. The Balaban J connectivity index is 1.14. The van der Waals surface area contributed by atoms with Crippen molar-refractivity contribution in [2.24, 2.45) is 23.2 Å². The summed E-state index contributed by atoms with van der Waals surface area (Å²) in [6.45, 7) is 1.42. The summed E-state index contributed by atoms with van der Waals surface area (Å²) in [5.74, 6) is 2.20. The predicted molar refractivity (Wildman–Crippen MR) is 119 cm³/mol. The monoisotopic (exact) mass is 454 g/mol. The van der Waals surface area contributed by atoms with E-state index in [1.807, 2.05) is 12.1 Å². The molecule has 5 saturated carbocycles. The van der Waals surface area contributed by atoms with Gasteiger partial charge in [-0.2, -0.15) is 0 Å². The van der Waals surface area contributed by atoms with Crippen LogP contribution in [0.25, 0.3) is 0 Å². The van der Waals surface area contributed by atoms with Gasteiger partial charge in [-0.05, 0) is 99.2 Å². The van der Waals surface area contributed by atoms with Crippen molar-refractivity contribution in [1.82, 2.24) is 0 Å². The van der Waals surface area contributed by atoms with Crippen LogP contribution in [0.1, 0.15) is 82.6 Å².